The minimum Gasteiger partial charge on any atom is -0.403 e. The minimum absolute atomic E-state index is 0.0935. The Balaban J connectivity index is 1.83. The van der Waals surface area contributed by atoms with Gasteiger partial charge in [0.15, 0.2) is 0 Å². The number of benzene rings is 3. The third-order valence-electron chi connectivity index (χ3n) is 4.17. The van der Waals surface area contributed by atoms with Crippen LogP contribution in [0.2, 0.25) is 0 Å². The van der Waals surface area contributed by atoms with E-state index in [1.807, 2.05) is 30.3 Å². The van der Waals surface area contributed by atoms with E-state index < -0.39 is 17.4 Å². The van der Waals surface area contributed by atoms with Crippen LogP contribution in [0.15, 0.2) is 82.0 Å². The molecule has 0 aliphatic carbocycles. The summed E-state index contributed by atoms with van der Waals surface area (Å²) < 4.78 is 43.9. The first-order valence-electron chi connectivity index (χ1n) is 8.10. The Morgan fingerprint density at radius 3 is 2.26 bits per heavy atom. The first-order chi connectivity index (χ1) is 12.9. The Labute approximate surface area is 151 Å². The fraction of sp³-hybridized carbons (Fsp3) is 0.0476. The Morgan fingerprint density at radius 1 is 0.778 bits per heavy atom. The molecule has 27 heavy (non-hydrogen) atoms. The fourth-order valence-corrected chi connectivity index (χ4v) is 2.83. The normalized spacial score (nSPS) is 11.7. The predicted molar refractivity (Wildman–Crippen MR) is 96.2 cm³/mol. The van der Waals surface area contributed by atoms with Crippen LogP contribution in [0.25, 0.3) is 33.5 Å². The van der Waals surface area contributed by atoms with Crippen molar-refractivity contribution in [1.82, 2.24) is 4.98 Å². The van der Waals surface area contributed by atoms with Gasteiger partial charge in [-0.1, -0.05) is 42.5 Å². The summed E-state index contributed by atoms with van der Waals surface area (Å²) >= 11 is 0. The quantitative estimate of drug-likeness (QED) is 0.467. The Morgan fingerprint density at radius 2 is 1.52 bits per heavy atom. The molecule has 0 fully saturated rings. The highest BCUT2D eigenvalue weighted by molar-refractivity contribution is 5.84. The average molecular weight is 367 g/mol. The zero-order valence-corrected chi connectivity index (χ0v) is 13.8. The zero-order valence-electron chi connectivity index (χ0n) is 13.8. The van der Waals surface area contributed by atoms with Crippen molar-refractivity contribution in [3.63, 3.8) is 0 Å². The van der Waals surface area contributed by atoms with Gasteiger partial charge in [0, 0.05) is 5.56 Å². The maximum absolute atomic E-state index is 12.9. The molecule has 134 valence electrons. The molecular weight excluding hydrogens is 355 g/mol. The maximum Gasteiger partial charge on any atom is 0.416 e. The Hall–Kier alpha value is -3.41. The van der Waals surface area contributed by atoms with E-state index in [1.165, 1.54) is 12.1 Å². The summed E-state index contributed by atoms with van der Waals surface area (Å²) in [5.41, 5.74) is 0.730. The van der Waals surface area contributed by atoms with Gasteiger partial charge in [-0.05, 0) is 41.5 Å². The van der Waals surface area contributed by atoms with Crippen molar-refractivity contribution in [1.29, 1.82) is 0 Å². The topological polar surface area (TPSA) is 43.1 Å². The highest BCUT2D eigenvalue weighted by Gasteiger charge is 2.30. The second-order valence-corrected chi connectivity index (χ2v) is 5.98. The van der Waals surface area contributed by atoms with Crippen molar-refractivity contribution in [2.24, 2.45) is 0 Å². The van der Waals surface area contributed by atoms with Crippen molar-refractivity contribution in [3.8, 4) is 22.6 Å². The third kappa shape index (κ3) is 3.33. The molecule has 4 rings (SSSR count). The van der Waals surface area contributed by atoms with Crippen LogP contribution in [0.3, 0.4) is 0 Å². The Kier molecular flexibility index (Phi) is 4.03. The first kappa shape index (κ1) is 17.0. The summed E-state index contributed by atoms with van der Waals surface area (Å²) in [6.45, 7) is 0. The van der Waals surface area contributed by atoms with Gasteiger partial charge in [0.05, 0.1) is 16.5 Å². The third-order valence-corrected chi connectivity index (χ3v) is 4.17. The van der Waals surface area contributed by atoms with Gasteiger partial charge in [0.1, 0.15) is 0 Å². The lowest BCUT2D eigenvalue weighted by molar-refractivity contribution is -0.137. The van der Waals surface area contributed by atoms with Crippen LogP contribution in [0, 0.1) is 0 Å². The van der Waals surface area contributed by atoms with E-state index in [-0.39, 0.29) is 16.8 Å². The molecule has 0 bridgehead atoms. The molecule has 3 aromatic carbocycles. The second kappa shape index (κ2) is 6.39. The van der Waals surface area contributed by atoms with Gasteiger partial charge in [-0.3, -0.25) is 0 Å². The van der Waals surface area contributed by atoms with E-state index in [2.05, 4.69) is 4.98 Å². The van der Waals surface area contributed by atoms with Crippen LogP contribution < -0.4 is 5.63 Å². The molecular formula is C21H12F3NO2. The van der Waals surface area contributed by atoms with Gasteiger partial charge in [0.25, 0.3) is 0 Å². The molecule has 1 aromatic heterocycles. The van der Waals surface area contributed by atoms with Crippen molar-refractivity contribution < 1.29 is 17.6 Å². The first-order valence-corrected chi connectivity index (χ1v) is 8.10. The average Bonchev–Trinajstić information content (AvgIpc) is 2.68. The molecule has 0 saturated carbocycles. The van der Waals surface area contributed by atoms with Crippen LogP contribution in [-0.4, -0.2) is 4.98 Å². The summed E-state index contributed by atoms with van der Waals surface area (Å²) in [4.78, 5) is 16.6. The van der Waals surface area contributed by atoms with Gasteiger partial charge in [-0.2, -0.15) is 13.2 Å². The van der Waals surface area contributed by atoms with Crippen LogP contribution in [-0.2, 0) is 6.18 Å². The molecule has 0 spiro atoms. The highest BCUT2D eigenvalue weighted by atomic mass is 19.4. The lowest BCUT2D eigenvalue weighted by Gasteiger charge is -2.08. The zero-order chi connectivity index (χ0) is 19.0. The summed E-state index contributed by atoms with van der Waals surface area (Å²) in [7, 11) is 0. The largest absolute Gasteiger partial charge is 0.416 e. The number of nitrogens with zero attached hydrogens (tertiary/aromatic N) is 1. The number of alkyl halides is 3. The van der Waals surface area contributed by atoms with Gasteiger partial charge >= 0.3 is 11.8 Å². The van der Waals surface area contributed by atoms with E-state index in [1.54, 1.807) is 18.2 Å². The van der Waals surface area contributed by atoms with Gasteiger partial charge in [0.2, 0.25) is 5.89 Å². The summed E-state index contributed by atoms with van der Waals surface area (Å²) in [6, 6.07) is 19.2. The molecule has 6 heteroatoms. The number of fused-ring (bicyclic) bond motifs is 1. The molecule has 0 aliphatic heterocycles. The molecule has 0 amide bonds. The van der Waals surface area contributed by atoms with E-state index in [0.717, 1.165) is 23.3 Å². The molecule has 0 unspecified atom stereocenters. The smallest absolute Gasteiger partial charge is 0.403 e. The molecule has 0 atom stereocenters. The molecule has 0 aliphatic rings. The monoisotopic (exact) mass is 367 g/mol. The number of hydrogen-bond donors (Lipinski definition) is 0. The van der Waals surface area contributed by atoms with Crippen LogP contribution in [0.5, 0.6) is 0 Å². The number of aromatic nitrogens is 1. The van der Waals surface area contributed by atoms with Crippen LogP contribution in [0.4, 0.5) is 13.2 Å². The maximum atomic E-state index is 12.9. The van der Waals surface area contributed by atoms with Gasteiger partial charge in [-0.15, -0.1) is 0 Å². The Bertz CT molecular complexity index is 1180. The fourth-order valence-electron chi connectivity index (χ4n) is 2.83. The van der Waals surface area contributed by atoms with Crippen molar-refractivity contribution in [3.05, 3.63) is 88.8 Å². The number of hydrogen-bond acceptors (Lipinski definition) is 3. The molecule has 4 aromatic rings. The SMILES string of the molecule is O=c1oc(-c2cccc(C(F)(F)F)c2)nc2ccc(-c3ccccc3)cc12. The van der Waals surface area contributed by atoms with E-state index in [4.69, 9.17) is 4.42 Å². The molecule has 0 radical (unpaired) electrons. The van der Waals surface area contributed by atoms with Crippen molar-refractivity contribution in [2.75, 3.05) is 0 Å². The number of halogens is 3. The summed E-state index contributed by atoms with van der Waals surface area (Å²) in [6.07, 6.45) is -4.49. The molecule has 3 nitrogen and oxygen atoms in total. The summed E-state index contributed by atoms with van der Waals surface area (Å²) in [5, 5.41) is 0.270. The van der Waals surface area contributed by atoms with Crippen molar-refractivity contribution >= 4 is 10.9 Å². The van der Waals surface area contributed by atoms with Crippen LogP contribution >= 0.6 is 0 Å². The lowest BCUT2D eigenvalue weighted by atomic mass is 10.0. The second-order valence-electron chi connectivity index (χ2n) is 5.98. The minimum atomic E-state index is -4.49. The standard InChI is InChI=1S/C21H12F3NO2/c22-21(23,24)16-8-4-7-15(11-16)19-25-18-10-9-14(12-17(18)20(26)27-19)13-5-2-1-3-6-13/h1-12H. The van der Waals surface area contributed by atoms with E-state index >= 15 is 0 Å². The number of rotatable bonds is 2. The molecule has 0 N–H and O–H groups in total. The summed E-state index contributed by atoms with van der Waals surface area (Å²) in [5.74, 6) is -0.147. The lowest BCUT2D eigenvalue weighted by Crippen LogP contribution is -2.06. The van der Waals surface area contributed by atoms with E-state index in [9.17, 15) is 18.0 Å². The molecule has 0 saturated heterocycles. The molecule has 1 heterocycles. The van der Waals surface area contributed by atoms with Gasteiger partial charge < -0.3 is 4.42 Å². The van der Waals surface area contributed by atoms with Crippen LogP contribution in [0.1, 0.15) is 5.56 Å². The van der Waals surface area contributed by atoms with E-state index in [0.29, 0.717) is 5.52 Å². The van der Waals surface area contributed by atoms with Gasteiger partial charge in [-0.25, -0.2) is 9.78 Å². The van der Waals surface area contributed by atoms with Crippen molar-refractivity contribution in [2.45, 2.75) is 6.18 Å². The predicted octanol–water partition coefficient (Wildman–Crippen LogP) is 5.54. The highest BCUT2D eigenvalue weighted by Crippen LogP contribution is 2.32.